The van der Waals surface area contributed by atoms with Gasteiger partial charge in [0.2, 0.25) is 0 Å². The minimum absolute atomic E-state index is 0.0288. The van der Waals surface area contributed by atoms with Gasteiger partial charge in [-0.05, 0) is 37.1 Å². The van der Waals surface area contributed by atoms with Crippen LogP contribution in [0.1, 0.15) is 46.4 Å². The van der Waals surface area contributed by atoms with Crippen molar-refractivity contribution in [1.29, 1.82) is 0 Å². The topological polar surface area (TPSA) is 77.8 Å². The van der Waals surface area contributed by atoms with Crippen molar-refractivity contribution in [2.45, 2.75) is 31.7 Å². The molecular formula is C15H19NO4. The summed E-state index contributed by atoms with van der Waals surface area (Å²) in [7, 11) is 0. The third-order valence-electron chi connectivity index (χ3n) is 3.73. The Bertz CT molecular complexity index is 483. The fourth-order valence-corrected chi connectivity index (χ4v) is 2.56. The molecule has 2 N–H and O–H groups in total. The highest BCUT2D eigenvalue weighted by molar-refractivity contribution is 5.96. The van der Waals surface area contributed by atoms with Crippen LogP contribution >= 0.6 is 0 Å². The van der Waals surface area contributed by atoms with Gasteiger partial charge >= 0.3 is 5.97 Å². The maximum absolute atomic E-state index is 12.5. The molecule has 1 aromatic rings. The van der Waals surface area contributed by atoms with Gasteiger partial charge in [0.25, 0.3) is 5.91 Å². The van der Waals surface area contributed by atoms with Crippen molar-refractivity contribution in [3.05, 3.63) is 35.4 Å². The van der Waals surface area contributed by atoms with Gasteiger partial charge < -0.3 is 15.1 Å². The molecule has 108 valence electrons. The van der Waals surface area contributed by atoms with E-state index >= 15 is 0 Å². The predicted molar refractivity (Wildman–Crippen MR) is 73.8 cm³/mol. The third-order valence-corrected chi connectivity index (χ3v) is 3.73. The maximum atomic E-state index is 12.5. The van der Waals surface area contributed by atoms with Gasteiger partial charge in [-0.2, -0.15) is 0 Å². The summed E-state index contributed by atoms with van der Waals surface area (Å²) in [5.74, 6) is -1.14. The largest absolute Gasteiger partial charge is 0.478 e. The highest BCUT2D eigenvalue weighted by Crippen LogP contribution is 2.19. The lowest BCUT2D eigenvalue weighted by Gasteiger charge is -2.28. The number of carboxylic acids is 1. The quantitative estimate of drug-likeness (QED) is 0.882. The van der Waals surface area contributed by atoms with Gasteiger partial charge in [0.15, 0.2) is 0 Å². The molecule has 0 radical (unpaired) electrons. The van der Waals surface area contributed by atoms with Gasteiger partial charge in [-0.15, -0.1) is 0 Å². The van der Waals surface area contributed by atoms with Gasteiger partial charge in [-0.1, -0.05) is 12.8 Å². The van der Waals surface area contributed by atoms with Crippen molar-refractivity contribution in [2.24, 2.45) is 0 Å². The second-order valence-corrected chi connectivity index (χ2v) is 5.07. The van der Waals surface area contributed by atoms with Gasteiger partial charge in [0.05, 0.1) is 18.2 Å². The second kappa shape index (κ2) is 6.52. The molecule has 1 aliphatic rings. The molecule has 0 spiro atoms. The molecule has 1 atom stereocenters. The van der Waals surface area contributed by atoms with E-state index < -0.39 is 5.97 Å². The number of rotatable bonds is 3. The molecule has 0 bridgehead atoms. The number of aliphatic hydroxyl groups excluding tert-OH is 1. The van der Waals surface area contributed by atoms with Crippen molar-refractivity contribution in [3.63, 3.8) is 0 Å². The van der Waals surface area contributed by atoms with Crippen LogP contribution < -0.4 is 0 Å². The third kappa shape index (κ3) is 3.17. The SMILES string of the molecule is O=C(O)c1ccc(C(=O)N2CCCCCC2CO)cc1. The highest BCUT2D eigenvalue weighted by atomic mass is 16.4. The van der Waals surface area contributed by atoms with Crippen LogP contribution in [0.5, 0.6) is 0 Å². The molecule has 1 saturated heterocycles. The van der Waals surface area contributed by atoms with E-state index in [1.165, 1.54) is 24.3 Å². The molecule has 5 nitrogen and oxygen atoms in total. The zero-order chi connectivity index (χ0) is 14.5. The number of nitrogens with zero attached hydrogens (tertiary/aromatic N) is 1. The maximum Gasteiger partial charge on any atom is 0.335 e. The Balaban J connectivity index is 2.17. The van der Waals surface area contributed by atoms with Crippen LogP contribution in [-0.4, -0.2) is 46.2 Å². The first-order chi connectivity index (χ1) is 9.63. The van der Waals surface area contributed by atoms with E-state index in [4.69, 9.17) is 5.11 Å². The van der Waals surface area contributed by atoms with Crippen LogP contribution in [0.4, 0.5) is 0 Å². The van der Waals surface area contributed by atoms with Crippen molar-refractivity contribution in [1.82, 2.24) is 4.90 Å². The number of amides is 1. The van der Waals surface area contributed by atoms with Gasteiger partial charge in [0.1, 0.15) is 0 Å². The zero-order valence-corrected chi connectivity index (χ0v) is 11.3. The van der Waals surface area contributed by atoms with Crippen LogP contribution in [-0.2, 0) is 0 Å². The minimum atomic E-state index is -1.01. The highest BCUT2D eigenvalue weighted by Gasteiger charge is 2.25. The summed E-state index contributed by atoms with van der Waals surface area (Å²) >= 11 is 0. The van der Waals surface area contributed by atoms with Gasteiger partial charge in [-0.3, -0.25) is 4.79 Å². The Morgan fingerprint density at radius 1 is 1.10 bits per heavy atom. The molecule has 1 amide bonds. The van der Waals surface area contributed by atoms with E-state index in [9.17, 15) is 14.7 Å². The fraction of sp³-hybridized carbons (Fsp3) is 0.467. The number of aromatic carboxylic acids is 1. The van der Waals surface area contributed by atoms with E-state index in [1.807, 2.05) is 0 Å². The smallest absolute Gasteiger partial charge is 0.335 e. The minimum Gasteiger partial charge on any atom is -0.478 e. The number of hydrogen-bond acceptors (Lipinski definition) is 3. The van der Waals surface area contributed by atoms with Crippen molar-refractivity contribution in [2.75, 3.05) is 13.2 Å². The lowest BCUT2D eigenvalue weighted by atomic mass is 10.1. The Morgan fingerprint density at radius 3 is 2.35 bits per heavy atom. The molecule has 0 aliphatic carbocycles. The fourth-order valence-electron chi connectivity index (χ4n) is 2.56. The summed E-state index contributed by atoms with van der Waals surface area (Å²) in [5, 5.41) is 18.3. The number of carbonyl (C=O) groups is 2. The van der Waals surface area contributed by atoms with Crippen LogP contribution in [0.3, 0.4) is 0 Å². The van der Waals surface area contributed by atoms with Gasteiger partial charge in [-0.25, -0.2) is 4.79 Å². The summed E-state index contributed by atoms with van der Waals surface area (Å²) < 4.78 is 0. The molecular weight excluding hydrogens is 258 g/mol. The first-order valence-electron chi connectivity index (χ1n) is 6.88. The standard InChI is InChI=1S/C15H19NO4/c17-10-13-4-2-1-3-9-16(13)14(18)11-5-7-12(8-6-11)15(19)20/h5-8,13,17H,1-4,9-10H2,(H,19,20). The average molecular weight is 277 g/mol. The van der Waals surface area contributed by atoms with Crippen molar-refractivity contribution < 1.29 is 19.8 Å². The Kier molecular flexibility index (Phi) is 4.74. The van der Waals surface area contributed by atoms with Gasteiger partial charge in [0, 0.05) is 12.1 Å². The van der Waals surface area contributed by atoms with E-state index in [-0.39, 0.29) is 24.1 Å². The zero-order valence-electron chi connectivity index (χ0n) is 11.3. The number of likely N-dealkylation sites (tertiary alicyclic amines) is 1. The molecule has 1 fully saturated rings. The summed E-state index contributed by atoms with van der Waals surface area (Å²) in [4.78, 5) is 25.0. The summed E-state index contributed by atoms with van der Waals surface area (Å²) in [6, 6.07) is 5.79. The Hall–Kier alpha value is -1.88. The Morgan fingerprint density at radius 2 is 1.75 bits per heavy atom. The molecule has 0 saturated carbocycles. The molecule has 1 aliphatic heterocycles. The van der Waals surface area contributed by atoms with E-state index in [2.05, 4.69) is 0 Å². The summed E-state index contributed by atoms with van der Waals surface area (Å²) in [5.41, 5.74) is 0.631. The average Bonchev–Trinajstić information content (AvgIpc) is 2.71. The summed E-state index contributed by atoms with van der Waals surface area (Å²) in [6.07, 6.45) is 3.84. The number of hydrogen-bond donors (Lipinski definition) is 2. The predicted octanol–water partition coefficient (Wildman–Crippen LogP) is 1.76. The lowest BCUT2D eigenvalue weighted by molar-refractivity contribution is 0.0598. The second-order valence-electron chi connectivity index (χ2n) is 5.07. The number of carbonyl (C=O) groups excluding carboxylic acids is 1. The van der Waals surface area contributed by atoms with Crippen LogP contribution in [0.2, 0.25) is 0 Å². The van der Waals surface area contributed by atoms with Crippen LogP contribution in [0.15, 0.2) is 24.3 Å². The normalized spacial score (nSPS) is 19.4. The molecule has 1 unspecified atom stereocenters. The van der Waals surface area contributed by atoms with Crippen LogP contribution in [0, 0.1) is 0 Å². The van der Waals surface area contributed by atoms with Crippen LogP contribution in [0.25, 0.3) is 0 Å². The van der Waals surface area contributed by atoms with E-state index in [1.54, 1.807) is 4.90 Å². The molecule has 1 aromatic carbocycles. The molecule has 1 heterocycles. The molecule has 5 heteroatoms. The first kappa shape index (κ1) is 14.5. The van der Waals surface area contributed by atoms with E-state index in [0.29, 0.717) is 12.1 Å². The molecule has 2 rings (SSSR count). The van der Waals surface area contributed by atoms with E-state index in [0.717, 1.165) is 25.7 Å². The number of aliphatic hydroxyl groups is 1. The number of benzene rings is 1. The lowest BCUT2D eigenvalue weighted by Crippen LogP contribution is -2.42. The van der Waals surface area contributed by atoms with Crippen molar-refractivity contribution in [3.8, 4) is 0 Å². The molecule has 20 heavy (non-hydrogen) atoms. The Labute approximate surface area is 117 Å². The van der Waals surface area contributed by atoms with Crippen molar-refractivity contribution >= 4 is 11.9 Å². The summed E-state index contributed by atoms with van der Waals surface area (Å²) in [6.45, 7) is 0.615. The number of carboxylic acid groups (broad SMARTS) is 1. The first-order valence-corrected chi connectivity index (χ1v) is 6.88. The molecule has 0 aromatic heterocycles. The monoisotopic (exact) mass is 277 g/mol.